The average Bonchev–Trinajstić information content (AvgIpc) is 2.72. The van der Waals surface area contributed by atoms with Gasteiger partial charge in [-0.25, -0.2) is 0 Å². The third-order valence-electron chi connectivity index (χ3n) is 3.58. The van der Waals surface area contributed by atoms with Crippen molar-refractivity contribution in [2.75, 3.05) is 0 Å². The van der Waals surface area contributed by atoms with E-state index in [1.807, 2.05) is 18.2 Å². The number of nitrogens with zero attached hydrogens (tertiary/aromatic N) is 2. The van der Waals surface area contributed by atoms with Gasteiger partial charge in [0.2, 0.25) is 0 Å². The molecule has 94 valence electrons. The molecule has 2 heterocycles. The molecular formula is C16H14N2O. The van der Waals surface area contributed by atoms with Gasteiger partial charge in [-0.3, -0.25) is 9.78 Å². The van der Waals surface area contributed by atoms with Crippen LogP contribution in [0, 0.1) is 6.92 Å². The topological polar surface area (TPSA) is 34.9 Å². The Bertz CT molecular complexity index is 754. The summed E-state index contributed by atoms with van der Waals surface area (Å²) < 4.78 is 2.17. The highest BCUT2D eigenvalue weighted by atomic mass is 16.1. The minimum Gasteiger partial charge on any atom is -0.347 e. The van der Waals surface area contributed by atoms with Gasteiger partial charge in [0.05, 0.1) is 5.69 Å². The van der Waals surface area contributed by atoms with Crippen LogP contribution in [0.2, 0.25) is 0 Å². The molecule has 0 saturated carbocycles. The van der Waals surface area contributed by atoms with Gasteiger partial charge in [0.1, 0.15) is 0 Å². The second-order valence-corrected chi connectivity index (χ2v) is 4.63. The largest absolute Gasteiger partial charge is 0.347 e. The minimum absolute atomic E-state index is 0.599. The Morgan fingerprint density at radius 2 is 1.95 bits per heavy atom. The molecule has 0 atom stereocenters. The normalized spacial score (nSPS) is 10.8. The number of rotatable bonds is 2. The zero-order valence-electron chi connectivity index (χ0n) is 10.9. The molecule has 0 saturated heterocycles. The molecule has 0 aliphatic carbocycles. The number of carbonyl (C=O) groups excluding carboxylic acids is 1. The number of carbonyl (C=O) groups is 1. The van der Waals surface area contributed by atoms with Crippen molar-refractivity contribution in [1.29, 1.82) is 0 Å². The molecule has 0 aliphatic rings. The molecular weight excluding hydrogens is 236 g/mol. The lowest BCUT2D eigenvalue weighted by Gasteiger charge is -2.02. The standard InChI is InChI=1S/C16H14N2O/c1-11-16(14-8-7-12(10-19)9-17-14)13-5-3-4-6-15(13)18(11)2/h3-10H,1-2H3. The molecule has 0 amide bonds. The Labute approximate surface area is 111 Å². The van der Waals surface area contributed by atoms with E-state index in [1.54, 1.807) is 12.3 Å². The first-order valence-corrected chi connectivity index (χ1v) is 6.18. The number of aryl methyl sites for hydroxylation is 1. The number of fused-ring (bicyclic) bond motifs is 1. The number of benzene rings is 1. The van der Waals surface area contributed by atoms with Gasteiger partial charge >= 0.3 is 0 Å². The predicted molar refractivity (Wildman–Crippen MR) is 76.3 cm³/mol. The molecule has 1 aromatic carbocycles. The molecule has 3 nitrogen and oxygen atoms in total. The third-order valence-corrected chi connectivity index (χ3v) is 3.58. The smallest absolute Gasteiger partial charge is 0.151 e. The maximum atomic E-state index is 10.7. The van der Waals surface area contributed by atoms with Crippen LogP contribution < -0.4 is 0 Å². The molecule has 19 heavy (non-hydrogen) atoms. The molecule has 0 fully saturated rings. The molecule has 0 spiro atoms. The second kappa shape index (κ2) is 4.35. The van der Waals surface area contributed by atoms with Crippen molar-refractivity contribution in [3.05, 3.63) is 53.9 Å². The van der Waals surface area contributed by atoms with Gasteiger partial charge in [0, 0.05) is 41.0 Å². The van der Waals surface area contributed by atoms with E-state index < -0.39 is 0 Å². The van der Waals surface area contributed by atoms with Crippen molar-refractivity contribution in [3.8, 4) is 11.3 Å². The lowest BCUT2D eigenvalue weighted by molar-refractivity contribution is 0.112. The third kappa shape index (κ3) is 1.74. The van der Waals surface area contributed by atoms with Crippen LogP contribution in [0.25, 0.3) is 22.2 Å². The van der Waals surface area contributed by atoms with Crippen LogP contribution in [0.5, 0.6) is 0 Å². The van der Waals surface area contributed by atoms with Gasteiger partial charge in [0.15, 0.2) is 6.29 Å². The number of aldehydes is 1. The zero-order valence-corrected chi connectivity index (χ0v) is 10.9. The quantitative estimate of drug-likeness (QED) is 0.654. The first kappa shape index (κ1) is 11.7. The monoisotopic (exact) mass is 250 g/mol. The summed E-state index contributed by atoms with van der Waals surface area (Å²) in [6.45, 7) is 2.09. The summed E-state index contributed by atoms with van der Waals surface area (Å²) in [7, 11) is 2.06. The van der Waals surface area contributed by atoms with Crippen molar-refractivity contribution >= 4 is 17.2 Å². The fourth-order valence-electron chi connectivity index (χ4n) is 2.47. The fraction of sp³-hybridized carbons (Fsp3) is 0.125. The summed E-state index contributed by atoms with van der Waals surface area (Å²) in [5.41, 5.74) is 5.00. The zero-order chi connectivity index (χ0) is 13.4. The van der Waals surface area contributed by atoms with Gasteiger partial charge in [-0.2, -0.15) is 0 Å². The van der Waals surface area contributed by atoms with E-state index in [0.717, 1.165) is 17.5 Å². The van der Waals surface area contributed by atoms with Crippen LogP contribution in [0.1, 0.15) is 16.1 Å². The SMILES string of the molecule is Cc1c(-c2ccc(C=O)cn2)c2ccccc2n1C. The van der Waals surface area contributed by atoms with Crippen LogP contribution in [0.3, 0.4) is 0 Å². The van der Waals surface area contributed by atoms with Crippen LogP contribution in [0.4, 0.5) is 0 Å². The number of hydrogen-bond donors (Lipinski definition) is 0. The Balaban J connectivity index is 2.29. The Morgan fingerprint density at radius 3 is 2.63 bits per heavy atom. The predicted octanol–water partition coefficient (Wildman–Crippen LogP) is 3.36. The van der Waals surface area contributed by atoms with E-state index in [0.29, 0.717) is 5.56 Å². The summed E-state index contributed by atoms with van der Waals surface area (Å²) in [6, 6.07) is 12.0. The number of hydrogen-bond acceptors (Lipinski definition) is 2. The van der Waals surface area contributed by atoms with Gasteiger partial charge in [-0.1, -0.05) is 18.2 Å². The van der Waals surface area contributed by atoms with E-state index in [2.05, 4.69) is 35.7 Å². The molecule has 2 aromatic heterocycles. The van der Waals surface area contributed by atoms with Crippen molar-refractivity contribution < 1.29 is 4.79 Å². The number of aromatic nitrogens is 2. The summed E-state index contributed by atoms with van der Waals surface area (Å²) in [5.74, 6) is 0. The fourth-order valence-corrected chi connectivity index (χ4v) is 2.47. The molecule has 3 heteroatoms. The van der Waals surface area contributed by atoms with Gasteiger partial charge in [0.25, 0.3) is 0 Å². The Hall–Kier alpha value is -2.42. The Morgan fingerprint density at radius 1 is 1.16 bits per heavy atom. The molecule has 3 aromatic rings. The summed E-state index contributed by atoms with van der Waals surface area (Å²) in [6.07, 6.45) is 2.43. The van der Waals surface area contributed by atoms with E-state index in [9.17, 15) is 4.79 Å². The van der Waals surface area contributed by atoms with E-state index in [4.69, 9.17) is 0 Å². The molecule has 0 unspecified atom stereocenters. The van der Waals surface area contributed by atoms with E-state index in [-0.39, 0.29) is 0 Å². The van der Waals surface area contributed by atoms with Crippen LogP contribution >= 0.6 is 0 Å². The van der Waals surface area contributed by atoms with Crippen LogP contribution in [-0.4, -0.2) is 15.8 Å². The lowest BCUT2D eigenvalue weighted by atomic mass is 10.1. The van der Waals surface area contributed by atoms with Crippen LogP contribution in [-0.2, 0) is 7.05 Å². The van der Waals surface area contributed by atoms with E-state index in [1.165, 1.54) is 16.6 Å². The summed E-state index contributed by atoms with van der Waals surface area (Å²) in [5, 5.41) is 1.19. The number of para-hydroxylation sites is 1. The Kier molecular flexibility index (Phi) is 2.67. The number of pyridine rings is 1. The first-order valence-electron chi connectivity index (χ1n) is 6.18. The highest BCUT2D eigenvalue weighted by Gasteiger charge is 2.13. The van der Waals surface area contributed by atoms with Gasteiger partial charge in [-0.15, -0.1) is 0 Å². The maximum absolute atomic E-state index is 10.7. The molecule has 0 radical (unpaired) electrons. The molecule has 0 aliphatic heterocycles. The van der Waals surface area contributed by atoms with Crippen molar-refractivity contribution in [3.63, 3.8) is 0 Å². The van der Waals surface area contributed by atoms with Crippen molar-refractivity contribution in [1.82, 2.24) is 9.55 Å². The molecule has 0 N–H and O–H groups in total. The molecule has 3 rings (SSSR count). The van der Waals surface area contributed by atoms with Crippen molar-refractivity contribution in [2.24, 2.45) is 7.05 Å². The van der Waals surface area contributed by atoms with Crippen LogP contribution in [0.15, 0.2) is 42.6 Å². The first-order chi connectivity index (χ1) is 9.22. The highest BCUT2D eigenvalue weighted by molar-refractivity contribution is 5.97. The maximum Gasteiger partial charge on any atom is 0.151 e. The molecule has 0 bridgehead atoms. The van der Waals surface area contributed by atoms with Gasteiger partial charge < -0.3 is 4.57 Å². The summed E-state index contributed by atoms with van der Waals surface area (Å²) >= 11 is 0. The van der Waals surface area contributed by atoms with E-state index >= 15 is 0 Å². The lowest BCUT2D eigenvalue weighted by Crippen LogP contribution is -1.92. The summed E-state index contributed by atoms with van der Waals surface area (Å²) in [4.78, 5) is 15.1. The van der Waals surface area contributed by atoms with Gasteiger partial charge in [-0.05, 0) is 25.1 Å². The highest BCUT2D eigenvalue weighted by Crippen LogP contribution is 2.32. The minimum atomic E-state index is 0.599. The second-order valence-electron chi connectivity index (χ2n) is 4.63. The van der Waals surface area contributed by atoms with Crippen molar-refractivity contribution in [2.45, 2.75) is 6.92 Å². The average molecular weight is 250 g/mol.